The molecule has 0 spiro atoms. The summed E-state index contributed by atoms with van der Waals surface area (Å²) in [6.07, 6.45) is 1.13. The molecule has 1 atom stereocenters. The van der Waals surface area contributed by atoms with Crippen LogP contribution >= 0.6 is 0 Å². The highest BCUT2D eigenvalue weighted by molar-refractivity contribution is 7.92. The molecule has 0 saturated heterocycles. The van der Waals surface area contributed by atoms with E-state index in [4.69, 9.17) is 0 Å². The summed E-state index contributed by atoms with van der Waals surface area (Å²) in [4.78, 5) is 28.1. The molecule has 3 aromatic rings. The van der Waals surface area contributed by atoms with Crippen LogP contribution in [0.15, 0.2) is 89.8 Å². The number of hydrogen-bond donors (Lipinski definition) is 1. The van der Waals surface area contributed by atoms with E-state index in [-0.39, 0.29) is 17.3 Å². The van der Waals surface area contributed by atoms with Crippen LogP contribution in [0.4, 0.5) is 5.69 Å². The molecule has 0 heterocycles. The van der Waals surface area contributed by atoms with Crippen LogP contribution < -0.4 is 9.62 Å². The zero-order valence-electron chi connectivity index (χ0n) is 21.6. The van der Waals surface area contributed by atoms with Gasteiger partial charge in [0.2, 0.25) is 11.8 Å². The van der Waals surface area contributed by atoms with Gasteiger partial charge in [-0.15, -0.1) is 0 Å². The molecule has 0 aromatic heterocycles. The molecule has 2 amide bonds. The standard InChI is InChI=1S/C29H35N3O4S/c1-4-25-16-12-13-19-27(25)32(37(35,36)26-17-10-7-11-18-26)22-28(33)31(23(3)29(34)30-5-2)21-20-24-14-8-6-9-15-24/h6-19,23H,4-5,20-22H2,1-3H3,(H,30,34)/t23-/m1/s1. The van der Waals surface area contributed by atoms with E-state index in [1.165, 1.54) is 21.3 Å². The first-order valence-electron chi connectivity index (χ1n) is 12.6. The van der Waals surface area contributed by atoms with Crippen LogP contribution in [0, 0.1) is 0 Å². The minimum absolute atomic E-state index is 0.0984. The number of benzene rings is 3. The monoisotopic (exact) mass is 521 g/mol. The number of amides is 2. The van der Waals surface area contributed by atoms with E-state index in [9.17, 15) is 18.0 Å². The fourth-order valence-electron chi connectivity index (χ4n) is 4.18. The molecular weight excluding hydrogens is 486 g/mol. The lowest BCUT2D eigenvalue weighted by Crippen LogP contribution is -2.52. The molecular formula is C29H35N3O4S. The van der Waals surface area contributed by atoms with Crippen molar-refractivity contribution in [3.63, 3.8) is 0 Å². The van der Waals surface area contributed by atoms with E-state index in [0.29, 0.717) is 25.1 Å². The van der Waals surface area contributed by atoms with E-state index >= 15 is 0 Å². The molecule has 0 radical (unpaired) electrons. The summed E-state index contributed by atoms with van der Waals surface area (Å²) in [7, 11) is -4.05. The summed E-state index contributed by atoms with van der Waals surface area (Å²) in [6.45, 7) is 5.71. The van der Waals surface area contributed by atoms with Crippen molar-refractivity contribution in [3.05, 3.63) is 96.1 Å². The van der Waals surface area contributed by atoms with E-state index in [2.05, 4.69) is 5.32 Å². The van der Waals surface area contributed by atoms with Gasteiger partial charge in [-0.3, -0.25) is 13.9 Å². The van der Waals surface area contributed by atoms with Crippen molar-refractivity contribution >= 4 is 27.5 Å². The van der Waals surface area contributed by atoms with Crippen LogP contribution in [0.1, 0.15) is 31.9 Å². The number of nitrogens with one attached hydrogen (secondary N) is 1. The molecule has 0 aliphatic heterocycles. The molecule has 8 heteroatoms. The normalized spacial score (nSPS) is 12.0. The predicted molar refractivity (Wildman–Crippen MR) is 147 cm³/mol. The smallest absolute Gasteiger partial charge is 0.264 e. The Morgan fingerprint density at radius 1 is 0.865 bits per heavy atom. The zero-order chi connectivity index (χ0) is 26.8. The van der Waals surface area contributed by atoms with Crippen molar-refractivity contribution in [1.82, 2.24) is 10.2 Å². The summed E-state index contributed by atoms with van der Waals surface area (Å²) >= 11 is 0. The maximum atomic E-state index is 13.8. The zero-order valence-corrected chi connectivity index (χ0v) is 22.4. The third-order valence-electron chi connectivity index (χ3n) is 6.25. The van der Waals surface area contributed by atoms with E-state index in [1.807, 2.05) is 56.3 Å². The Kier molecular flexibility index (Phi) is 9.85. The summed E-state index contributed by atoms with van der Waals surface area (Å²) in [6, 6.07) is 24.2. The number of carbonyl (C=O) groups excluding carboxylic acids is 2. The second kappa shape index (κ2) is 13.1. The van der Waals surface area contributed by atoms with Crippen molar-refractivity contribution < 1.29 is 18.0 Å². The Labute approximate surface area is 220 Å². The average molecular weight is 522 g/mol. The largest absolute Gasteiger partial charge is 0.355 e. The van der Waals surface area contributed by atoms with Crippen molar-refractivity contribution in [2.24, 2.45) is 0 Å². The maximum absolute atomic E-state index is 13.8. The summed E-state index contributed by atoms with van der Waals surface area (Å²) in [5, 5.41) is 2.77. The summed E-state index contributed by atoms with van der Waals surface area (Å²) in [5.41, 5.74) is 2.28. The number of anilines is 1. The van der Waals surface area contributed by atoms with Crippen molar-refractivity contribution in [2.45, 2.75) is 44.6 Å². The fraction of sp³-hybridized carbons (Fsp3) is 0.310. The first-order chi connectivity index (χ1) is 17.8. The number of carbonyl (C=O) groups is 2. The lowest BCUT2D eigenvalue weighted by atomic mass is 10.1. The van der Waals surface area contributed by atoms with Crippen molar-refractivity contribution in [3.8, 4) is 0 Å². The average Bonchev–Trinajstić information content (AvgIpc) is 2.92. The van der Waals surface area contributed by atoms with Gasteiger partial charge in [0.1, 0.15) is 12.6 Å². The van der Waals surface area contributed by atoms with Crippen LogP contribution in [0.5, 0.6) is 0 Å². The summed E-state index contributed by atoms with van der Waals surface area (Å²) in [5.74, 6) is -0.726. The molecule has 0 aliphatic carbocycles. The highest BCUT2D eigenvalue weighted by atomic mass is 32.2. The third kappa shape index (κ3) is 6.98. The Bertz CT molecular complexity index is 1280. The molecule has 1 N–H and O–H groups in total. The van der Waals surface area contributed by atoms with Gasteiger partial charge in [0.05, 0.1) is 10.6 Å². The molecule has 0 saturated carbocycles. The molecule has 3 aromatic carbocycles. The van der Waals surface area contributed by atoms with Gasteiger partial charge in [-0.25, -0.2) is 8.42 Å². The third-order valence-corrected chi connectivity index (χ3v) is 8.03. The van der Waals surface area contributed by atoms with E-state index in [1.54, 1.807) is 37.3 Å². The van der Waals surface area contributed by atoms with Gasteiger partial charge in [-0.2, -0.15) is 0 Å². The number of rotatable bonds is 12. The number of para-hydroxylation sites is 1. The number of hydrogen-bond acceptors (Lipinski definition) is 4. The molecule has 0 bridgehead atoms. The Hall–Kier alpha value is -3.65. The van der Waals surface area contributed by atoms with Gasteiger partial charge in [-0.1, -0.05) is 73.7 Å². The number of nitrogens with zero attached hydrogens (tertiary/aromatic N) is 2. The molecule has 0 fully saturated rings. The minimum atomic E-state index is -4.05. The van der Waals surface area contributed by atoms with Crippen LogP contribution in [-0.2, 0) is 32.5 Å². The Morgan fingerprint density at radius 3 is 2.08 bits per heavy atom. The molecule has 7 nitrogen and oxygen atoms in total. The van der Waals surface area contributed by atoms with Gasteiger partial charge in [-0.05, 0) is 56.0 Å². The second-order valence-electron chi connectivity index (χ2n) is 8.70. The summed E-state index contributed by atoms with van der Waals surface area (Å²) < 4.78 is 28.8. The van der Waals surface area contributed by atoms with Gasteiger partial charge in [0, 0.05) is 13.1 Å². The number of sulfonamides is 1. The molecule has 37 heavy (non-hydrogen) atoms. The highest BCUT2D eigenvalue weighted by Crippen LogP contribution is 2.28. The number of likely N-dealkylation sites (N-methyl/N-ethyl adjacent to an activating group) is 1. The van der Waals surface area contributed by atoms with Gasteiger partial charge >= 0.3 is 0 Å². The SMILES string of the molecule is CCNC(=O)[C@@H](C)N(CCc1ccccc1)C(=O)CN(c1ccccc1CC)S(=O)(=O)c1ccccc1. The maximum Gasteiger partial charge on any atom is 0.264 e. The van der Waals surface area contributed by atoms with Gasteiger partial charge < -0.3 is 10.2 Å². The molecule has 0 unspecified atom stereocenters. The minimum Gasteiger partial charge on any atom is -0.355 e. The van der Waals surface area contributed by atoms with Crippen molar-refractivity contribution in [2.75, 3.05) is 23.9 Å². The first kappa shape index (κ1) is 27.9. The Morgan fingerprint density at radius 2 is 1.46 bits per heavy atom. The lowest BCUT2D eigenvalue weighted by Gasteiger charge is -2.32. The Balaban J connectivity index is 2.00. The first-order valence-corrected chi connectivity index (χ1v) is 14.0. The van der Waals surface area contributed by atoms with Crippen molar-refractivity contribution in [1.29, 1.82) is 0 Å². The second-order valence-corrected chi connectivity index (χ2v) is 10.6. The van der Waals surface area contributed by atoms with E-state index in [0.717, 1.165) is 11.1 Å². The highest BCUT2D eigenvalue weighted by Gasteiger charge is 2.32. The van der Waals surface area contributed by atoms with Crippen LogP contribution in [0.25, 0.3) is 0 Å². The molecule has 3 rings (SSSR count). The molecule has 196 valence electrons. The lowest BCUT2D eigenvalue weighted by molar-refractivity contribution is -0.138. The predicted octanol–water partition coefficient (Wildman–Crippen LogP) is 4.04. The van der Waals surface area contributed by atoms with E-state index < -0.39 is 28.5 Å². The molecule has 0 aliphatic rings. The fourth-order valence-corrected chi connectivity index (χ4v) is 5.65. The number of aryl methyl sites for hydroxylation is 1. The van der Waals surface area contributed by atoms with Crippen LogP contribution in [-0.4, -0.2) is 50.8 Å². The van der Waals surface area contributed by atoms with Gasteiger partial charge in [0.15, 0.2) is 0 Å². The van der Waals surface area contributed by atoms with Crippen LogP contribution in [0.2, 0.25) is 0 Å². The quantitative estimate of drug-likeness (QED) is 0.390. The van der Waals surface area contributed by atoms with Crippen LogP contribution in [0.3, 0.4) is 0 Å². The van der Waals surface area contributed by atoms with Gasteiger partial charge in [0.25, 0.3) is 10.0 Å². The topological polar surface area (TPSA) is 86.8 Å².